The second-order valence-corrected chi connectivity index (χ2v) is 6.30. The van der Waals surface area contributed by atoms with Crippen LogP contribution >= 0.6 is 27.5 Å². The van der Waals surface area contributed by atoms with Crippen molar-refractivity contribution >= 4 is 33.2 Å². The Hall–Kier alpha value is -1.50. The zero-order valence-corrected chi connectivity index (χ0v) is 13.0. The maximum atomic E-state index is 9.69. The predicted molar refractivity (Wildman–Crippen MR) is 84.8 cm³/mol. The Labute approximate surface area is 131 Å². The van der Waals surface area contributed by atoms with Crippen LogP contribution < -0.4 is 5.32 Å². The Kier molecular flexibility index (Phi) is 3.45. The molecule has 100 valence electrons. The van der Waals surface area contributed by atoms with Crippen molar-refractivity contribution in [2.75, 3.05) is 5.32 Å². The molecule has 0 saturated carbocycles. The summed E-state index contributed by atoms with van der Waals surface area (Å²) in [5.74, 6) is 0. The molecule has 0 aliphatic heterocycles. The number of fused-ring (bicyclic) bond motifs is 1. The molecule has 0 saturated heterocycles. The molecule has 20 heavy (non-hydrogen) atoms. The third kappa shape index (κ3) is 2.30. The van der Waals surface area contributed by atoms with Crippen LogP contribution in [0, 0.1) is 11.3 Å². The summed E-state index contributed by atoms with van der Waals surface area (Å²) in [5, 5.41) is 13.8. The van der Waals surface area contributed by atoms with Gasteiger partial charge in [0.2, 0.25) is 0 Å². The number of hydrogen-bond acceptors (Lipinski definition) is 2. The predicted octanol–water partition coefficient (Wildman–Crippen LogP) is 4.88. The summed E-state index contributed by atoms with van der Waals surface area (Å²) in [4.78, 5) is 0. The normalized spacial score (nSPS) is 20.2. The minimum absolute atomic E-state index is 0.659. The number of benzene rings is 2. The van der Waals surface area contributed by atoms with E-state index in [4.69, 9.17) is 11.6 Å². The first-order valence-electron chi connectivity index (χ1n) is 6.37. The average molecular weight is 348 g/mol. The smallest absolute Gasteiger partial charge is 0.151 e. The van der Waals surface area contributed by atoms with E-state index < -0.39 is 5.54 Å². The Morgan fingerprint density at radius 2 is 1.95 bits per heavy atom. The Balaban J connectivity index is 1.99. The van der Waals surface area contributed by atoms with Gasteiger partial charge in [-0.2, -0.15) is 5.26 Å². The van der Waals surface area contributed by atoms with Crippen LogP contribution in [0.15, 0.2) is 46.9 Å². The Morgan fingerprint density at radius 3 is 2.65 bits per heavy atom. The standard InChI is InChI=1S/C16H12BrClN2/c17-12-1-4-14(5-2-12)20-16(10-19)8-7-11-9-13(18)3-6-15(11)16/h1-6,9,20H,7-8H2. The number of halogens is 2. The molecule has 1 aliphatic carbocycles. The summed E-state index contributed by atoms with van der Waals surface area (Å²) in [6.07, 6.45) is 1.63. The van der Waals surface area contributed by atoms with Crippen LogP contribution in [-0.2, 0) is 12.0 Å². The molecule has 0 bridgehead atoms. The second kappa shape index (κ2) is 5.12. The van der Waals surface area contributed by atoms with E-state index in [9.17, 15) is 5.26 Å². The van der Waals surface area contributed by atoms with Gasteiger partial charge in [0.05, 0.1) is 6.07 Å². The van der Waals surface area contributed by atoms with E-state index in [1.165, 1.54) is 0 Å². The number of rotatable bonds is 2. The first kappa shape index (κ1) is 13.5. The molecule has 0 heterocycles. The van der Waals surface area contributed by atoms with Crippen molar-refractivity contribution < 1.29 is 0 Å². The molecule has 0 radical (unpaired) electrons. The molecule has 1 aliphatic rings. The monoisotopic (exact) mass is 346 g/mol. The molecule has 0 amide bonds. The fourth-order valence-electron chi connectivity index (χ4n) is 2.70. The van der Waals surface area contributed by atoms with Gasteiger partial charge >= 0.3 is 0 Å². The van der Waals surface area contributed by atoms with Crippen molar-refractivity contribution in [1.82, 2.24) is 0 Å². The van der Waals surface area contributed by atoms with Crippen LogP contribution in [0.3, 0.4) is 0 Å². The molecular formula is C16H12BrClN2. The highest BCUT2D eigenvalue weighted by atomic mass is 79.9. The summed E-state index contributed by atoms with van der Waals surface area (Å²) in [6, 6.07) is 16.1. The first-order valence-corrected chi connectivity index (χ1v) is 7.54. The van der Waals surface area contributed by atoms with Crippen LogP contribution in [-0.4, -0.2) is 0 Å². The molecule has 2 aromatic rings. The maximum absolute atomic E-state index is 9.69. The molecular weight excluding hydrogens is 336 g/mol. The second-order valence-electron chi connectivity index (χ2n) is 4.95. The van der Waals surface area contributed by atoms with Crippen LogP contribution in [0.25, 0.3) is 0 Å². The van der Waals surface area contributed by atoms with Crippen LogP contribution in [0.4, 0.5) is 5.69 Å². The highest BCUT2D eigenvalue weighted by Gasteiger charge is 2.39. The maximum Gasteiger partial charge on any atom is 0.151 e. The lowest BCUT2D eigenvalue weighted by Gasteiger charge is -2.25. The van der Waals surface area contributed by atoms with Crippen molar-refractivity contribution in [3.05, 3.63) is 63.1 Å². The van der Waals surface area contributed by atoms with Gasteiger partial charge in [-0.3, -0.25) is 0 Å². The highest BCUT2D eigenvalue weighted by Crippen LogP contribution is 2.40. The van der Waals surface area contributed by atoms with Gasteiger partial charge in [-0.1, -0.05) is 33.6 Å². The van der Waals surface area contributed by atoms with E-state index in [-0.39, 0.29) is 0 Å². The van der Waals surface area contributed by atoms with Crippen molar-refractivity contribution in [3.8, 4) is 6.07 Å². The van der Waals surface area contributed by atoms with E-state index in [0.29, 0.717) is 0 Å². The molecule has 3 rings (SSSR count). The largest absolute Gasteiger partial charge is 0.364 e. The average Bonchev–Trinajstić information content (AvgIpc) is 2.80. The van der Waals surface area contributed by atoms with E-state index in [2.05, 4.69) is 27.3 Å². The first-order chi connectivity index (χ1) is 9.63. The molecule has 0 aromatic heterocycles. The molecule has 2 nitrogen and oxygen atoms in total. The molecule has 1 unspecified atom stereocenters. The molecule has 1 atom stereocenters. The number of nitrogens with zero attached hydrogens (tertiary/aromatic N) is 1. The molecule has 4 heteroatoms. The van der Waals surface area contributed by atoms with Crippen LogP contribution in [0.5, 0.6) is 0 Å². The van der Waals surface area contributed by atoms with Crippen molar-refractivity contribution in [3.63, 3.8) is 0 Å². The lowest BCUT2D eigenvalue weighted by atomic mass is 9.93. The summed E-state index contributed by atoms with van der Waals surface area (Å²) in [7, 11) is 0. The number of aryl methyl sites for hydroxylation is 1. The zero-order valence-electron chi connectivity index (χ0n) is 10.7. The van der Waals surface area contributed by atoms with Gasteiger partial charge < -0.3 is 5.32 Å². The van der Waals surface area contributed by atoms with Crippen molar-refractivity contribution in [1.29, 1.82) is 5.26 Å². The van der Waals surface area contributed by atoms with Gasteiger partial charge in [-0.05, 0) is 60.4 Å². The summed E-state index contributed by atoms with van der Waals surface area (Å²) < 4.78 is 1.02. The summed E-state index contributed by atoms with van der Waals surface area (Å²) >= 11 is 9.44. The number of hydrogen-bond donors (Lipinski definition) is 1. The lowest BCUT2D eigenvalue weighted by molar-refractivity contribution is 0.621. The third-order valence-electron chi connectivity index (χ3n) is 3.69. The van der Waals surface area contributed by atoms with Crippen LogP contribution in [0.2, 0.25) is 5.02 Å². The number of nitrogens with one attached hydrogen (secondary N) is 1. The van der Waals surface area contributed by atoms with Gasteiger partial charge in [0, 0.05) is 15.2 Å². The minimum atomic E-state index is -0.659. The SMILES string of the molecule is N#CC1(Nc2ccc(Br)cc2)CCc2cc(Cl)ccc21. The molecule has 0 fully saturated rings. The minimum Gasteiger partial charge on any atom is -0.364 e. The fraction of sp³-hybridized carbons (Fsp3) is 0.188. The quantitative estimate of drug-likeness (QED) is 0.840. The molecule has 1 N–H and O–H groups in total. The fourth-order valence-corrected chi connectivity index (χ4v) is 3.15. The molecule has 0 spiro atoms. The van der Waals surface area contributed by atoms with Gasteiger partial charge in [0.25, 0.3) is 0 Å². The van der Waals surface area contributed by atoms with Crippen molar-refractivity contribution in [2.45, 2.75) is 18.4 Å². The van der Waals surface area contributed by atoms with Gasteiger partial charge in [0.15, 0.2) is 5.54 Å². The topological polar surface area (TPSA) is 35.8 Å². The number of nitriles is 1. The van der Waals surface area contributed by atoms with Gasteiger partial charge in [-0.25, -0.2) is 0 Å². The van der Waals surface area contributed by atoms with E-state index in [0.717, 1.165) is 39.2 Å². The van der Waals surface area contributed by atoms with Gasteiger partial charge in [0.1, 0.15) is 0 Å². The third-order valence-corrected chi connectivity index (χ3v) is 4.45. The van der Waals surface area contributed by atoms with Gasteiger partial charge in [-0.15, -0.1) is 0 Å². The lowest BCUT2D eigenvalue weighted by Crippen LogP contribution is -2.31. The Bertz CT molecular complexity index is 691. The zero-order chi connectivity index (χ0) is 14.2. The highest BCUT2D eigenvalue weighted by molar-refractivity contribution is 9.10. The van der Waals surface area contributed by atoms with Crippen LogP contribution in [0.1, 0.15) is 17.5 Å². The van der Waals surface area contributed by atoms with E-state index in [1.807, 2.05) is 42.5 Å². The van der Waals surface area contributed by atoms with E-state index in [1.54, 1.807) is 0 Å². The number of anilines is 1. The molecule has 2 aromatic carbocycles. The van der Waals surface area contributed by atoms with E-state index >= 15 is 0 Å². The summed E-state index contributed by atoms with van der Waals surface area (Å²) in [5.41, 5.74) is 2.47. The Morgan fingerprint density at radius 1 is 1.20 bits per heavy atom. The summed E-state index contributed by atoms with van der Waals surface area (Å²) in [6.45, 7) is 0. The van der Waals surface area contributed by atoms with Crippen molar-refractivity contribution in [2.24, 2.45) is 0 Å².